The molecular weight excluding hydrogens is 493 g/mol. The van der Waals surface area contributed by atoms with E-state index in [1.165, 1.54) is 4.90 Å². The van der Waals surface area contributed by atoms with Crippen LogP contribution in [0.2, 0.25) is 0 Å². The number of alkyl halides is 5. The highest BCUT2D eigenvalue weighted by molar-refractivity contribution is 6.67. The molecule has 0 aliphatic heterocycles. The molecule has 0 radical (unpaired) electrons. The van der Waals surface area contributed by atoms with Gasteiger partial charge in [-0.3, -0.25) is 9.69 Å². The summed E-state index contributed by atoms with van der Waals surface area (Å²) in [6.07, 6.45) is 2.04. The van der Waals surface area contributed by atoms with Crippen LogP contribution in [0.3, 0.4) is 0 Å². The molecule has 1 saturated carbocycles. The van der Waals surface area contributed by atoms with Gasteiger partial charge in [0, 0.05) is 29.9 Å². The summed E-state index contributed by atoms with van der Waals surface area (Å²) in [4.78, 5) is 28.9. The number of rotatable bonds is 8. The Morgan fingerprint density at radius 2 is 1.80 bits per heavy atom. The van der Waals surface area contributed by atoms with Crippen LogP contribution in [0.25, 0.3) is 0 Å². The number of ether oxygens (including phenoxy) is 1. The van der Waals surface area contributed by atoms with Gasteiger partial charge < -0.3 is 9.64 Å². The van der Waals surface area contributed by atoms with Crippen LogP contribution in [0.4, 0.5) is 10.5 Å². The van der Waals surface area contributed by atoms with Crippen molar-refractivity contribution in [2.75, 3.05) is 23.9 Å². The van der Waals surface area contributed by atoms with Gasteiger partial charge in [-0.2, -0.15) is 0 Å². The van der Waals surface area contributed by atoms with Crippen molar-refractivity contribution in [3.8, 4) is 0 Å². The van der Waals surface area contributed by atoms with Crippen molar-refractivity contribution in [2.45, 2.75) is 40.5 Å². The van der Waals surface area contributed by atoms with E-state index in [1.54, 1.807) is 11.0 Å². The maximum atomic E-state index is 13.0. The molecular formula is C20H23Cl5N2O3. The number of hydrogen-bond donors (Lipinski definition) is 0. The number of para-hydroxylation sites is 1. The number of halogens is 5. The third-order valence-electron chi connectivity index (χ3n) is 4.70. The van der Waals surface area contributed by atoms with E-state index in [1.807, 2.05) is 30.3 Å². The van der Waals surface area contributed by atoms with Gasteiger partial charge in [0.2, 0.25) is 9.70 Å². The minimum Gasteiger partial charge on any atom is -0.445 e. The lowest BCUT2D eigenvalue weighted by molar-refractivity contribution is -0.119. The Balaban J connectivity index is 2.35. The Labute approximate surface area is 201 Å². The van der Waals surface area contributed by atoms with E-state index in [-0.39, 0.29) is 36.2 Å². The van der Waals surface area contributed by atoms with Crippen molar-refractivity contribution in [3.63, 3.8) is 0 Å². The molecule has 30 heavy (non-hydrogen) atoms. The average molecular weight is 517 g/mol. The highest BCUT2D eigenvalue weighted by Gasteiger charge is 2.44. The number of anilines is 1. The molecule has 1 aliphatic rings. The summed E-state index contributed by atoms with van der Waals surface area (Å²) in [7, 11) is 0. The first-order valence-electron chi connectivity index (χ1n) is 9.36. The van der Waals surface area contributed by atoms with Crippen LogP contribution < -0.4 is 4.90 Å². The minimum absolute atomic E-state index is 0.148. The topological polar surface area (TPSA) is 49.9 Å². The van der Waals surface area contributed by atoms with Gasteiger partial charge in [0.1, 0.15) is 6.61 Å². The number of carbonyl (C=O) groups is 2. The first-order chi connectivity index (χ1) is 14.2. The van der Waals surface area contributed by atoms with Gasteiger partial charge in [-0.1, -0.05) is 59.1 Å². The van der Waals surface area contributed by atoms with Crippen LogP contribution in [0.5, 0.6) is 0 Å². The van der Waals surface area contributed by atoms with Crippen molar-refractivity contribution < 1.29 is 14.3 Å². The summed E-state index contributed by atoms with van der Waals surface area (Å²) in [5.74, 6) is 0.0380. The van der Waals surface area contributed by atoms with Gasteiger partial charge in [-0.15, -0.1) is 29.8 Å². The van der Waals surface area contributed by atoms with E-state index >= 15 is 0 Å². The van der Waals surface area contributed by atoms with Crippen LogP contribution in [0.15, 0.2) is 43.0 Å². The van der Waals surface area contributed by atoms with E-state index in [0.717, 1.165) is 0 Å². The zero-order valence-corrected chi connectivity index (χ0v) is 19.9. The maximum Gasteiger partial charge on any atom is 0.410 e. The van der Waals surface area contributed by atoms with Gasteiger partial charge >= 0.3 is 6.09 Å². The summed E-state index contributed by atoms with van der Waals surface area (Å²) in [6, 6.07) is 8.44. The number of benzene rings is 1. The second-order valence-corrected chi connectivity index (χ2v) is 10.4. The van der Waals surface area contributed by atoms with Crippen molar-refractivity contribution in [2.24, 2.45) is 0 Å². The molecule has 1 aromatic carbocycles. The summed E-state index contributed by atoms with van der Waals surface area (Å²) >= 11 is 29.4. The Morgan fingerprint density at radius 3 is 2.37 bits per heavy atom. The monoisotopic (exact) mass is 514 g/mol. The Bertz CT molecular complexity index is 729. The Morgan fingerprint density at radius 1 is 1.17 bits per heavy atom. The average Bonchev–Trinajstić information content (AvgIpc) is 3.05. The number of hydrogen-bond acceptors (Lipinski definition) is 3. The predicted molar refractivity (Wildman–Crippen MR) is 124 cm³/mol. The van der Waals surface area contributed by atoms with Crippen molar-refractivity contribution in [1.82, 2.24) is 4.90 Å². The second kappa shape index (κ2) is 11.7. The van der Waals surface area contributed by atoms with Gasteiger partial charge in [0.15, 0.2) is 0 Å². The summed E-state index contributed by atoms with van der Waals surface area (Å²) < 4.78 is 3.46. The minimum atomic E-state index is -1.73. The van der Waals surface area contributed by atoms with Crippen molar-refractivity contribution in [1.29, 1.82) is 0 Å². The molecule has 5 nitrogen and oxygen atoms in total. The van der Waals surface area contributed by atoms with E-state index in [4.69, 9.17) is 62.7 Å². The third kappa shape index (κ3) is 7.10. The molecule has 166 valence electrons. The molecule has 0 saturated heterocycles. The van der Waals surface area contributed by atoms with Crippen molar-refractivity contribution >= 4 is 75.7 Å². The van der Waals surface area contributed by atoms with E-state index in [2.05, 4.69) is 6.58 Å². The molecule has 1 fully saturated rings. The Hall–Kier alpha value is -0.850. The fourth-order valence-electron chi connectivity index (χ4n) is 3.57. The highest BCUT2D eigenvalue weighted by Crippen LogP contribution is 2.36. The first kappa shape index (κ1) is 25.4. The number of carbonyl (C=O) groups excluding carboxylic acids is 2. The normalized spacial score (nSPS) is 21.2. The van der Waals surface area contributed by atoms with Crippen molar-refractivity contribution in [3.05, 3.63) is 43.0 Å². The quantitative estimate of drug-likeness (QED) is 0.325. The third-order valence-corrected chi connectivity index (χ3v) is 5.57. The number of nitrogens with zero attached hydrogens (tertiary/aromatic N) is 2. The first-order valence-corrected chi connectivity index (χ1v) is 11.5. The molecule has 1 aliphatic carbocycles. The molecule has 2 amide bonds. The molecule has 1 unspecified atom stereocenters. The molecule has 1 aromatic rings. The molecule has 0 spiro atoms. The van der Waals surface area contributed by atoms with Crippen LogP contribution >= 0.6 is 58.0 Å². The molecule has 0 N–H and O–H groups in total. The molecule has 0 heterocycles. The lowest BCUT2D eigenvalue weighted by Crippen LogP contribution is -2.53. The summed E-state index contributed by atoms with van der Waals surface area (Å²) in [5, 5.41) is -0.233. The van der Waals surface area contributed by atoms with E-state index in [9.17, 15) is 9.59 Å². The predicted octanol–water partition coefficient (Wildman–Crippen LogP) is 5.78. The summed E-state index contributed by atoms with van der Waals surface area (Å²) in [6.45, 7) is 3.50. The lowest BCUT2D eigenvalue weighted by atomic mass is 10.1. The van der Waals surface area contributed by atoms with Crippen LogP contribution in [0, 0.1) is 0 Å². The second-order valence-electron chi connectivity index (χ2n) is 6.85. The zero-order valence-electron chi connectivity index (χ0n) is 16.2. The van der Waals surface area contributed by atoms with Crippen LogP contribution in [0.1, 0.15) is 19.3 Å². The highest BCUT2D eigenvalue weighted by atomic mass is 35.6. The SMILES string of the molecule is C=CCN(C(=O)OCC(Cl)(Cl)Cl)[C@@H]1CC(Cl)C[C@H]1N(C(=O)CCCl)c1ccccc1. The summed E-state index contributed by atoms with van der Waals surface area (Å²) in [5.41, 5.74) is 0.710. The largest absolute Gasteiger partial charge is 0.445 e. The standard InChI is InChI=1S/C20H23Cl5N2O3/c1-2-10-26(19(29)30-13-20(23,24)25)16-11-14(22)12-17(16)27(18(28)8-9-21)15-6-4-3-5-7-15/h2-7,14,16-17H,1,8-13H2/t14?,16-,17-/m1/s1. The van der Waals surface area contributed by atoms with Gasteiger partial charge in [0.25, 0.3) is 0 Å². The van der Waals surface area contributed by atoms with Crippen LogP contribution in [-0.4, -0.2) is 57.2 Å². The van der Waals surface area contributed by atoms with Crippen LogP contribution in [-0.2, 0) is 9.53 Å². The fraction of sp³-hybridized carbons (Fsp3) is 0.500. The molecule has 3 atom stereocenters. The Kier molecular flexibility index (Phi) is 9.89. The fourth-order valence-corrected chi connectivity index (χ4v) is 4.26. The van der Waals surface area contributed by atoms with Gasteiger partial charge in [0.05, 0.1) is 12.1 Å². The van der Waals surface area contributed by atoms with E-state index in [0.29, 0.717) is 18.5 Å². The number of amides is 2. The lowest BCUT2D eigenvalue weighted by Gasteiger charge is -2.38. The molecule has 0 aromatic heterocycles. The molecule has 2 rings (SSSR count). The smallest absolute Gasteiger partial charge is 0.410 e. The van der Waals surface area contributed by atoms with Gasteiger partial charge in [-0.25, -0.2) is 4.79 Å². The van der Waals surface area contributed by atoms with E-state index < -0.39 is 22.5 Å². The van der Waals surface area contributed by atoms with Gasteiger partial charge in [-0.05, 0) is 25.0 Å². The molecule has 0 bridgehead atoms. The zero-order chi connectivity index (χ0) is 22.3. The molecule has 10 heteroatoms. The maximum absolute atomic E-state index is 13.0.